The molecule has 26 heteroatoms. The number of nitrogens with zero attached hydrogens (tertiary/aromatic N) is 4. The van der Waals surface area contributed by atoms with Crippen LogP contribution in [0.1, 0.15) is 93.2 Å². The van der Waals surface area contributed by atoms with Gasteiger partial charge in [0.1, 0.15) is 23.3 Å². The summed E-state index contributed by atoms with van der Waals surface area (Å²) in [6.45, 7) is 26.9. The Morgan fingerprint density at radius 2 is 1.10 bits per heavy atom. The first-order chi connectivity index (χ1) is 39.2. The lowest BCUT2D eigenvalue weighted by Crippen LogP contribution is -2.41. The summed E-state index contributed by atoms with van der Waals surface area (Å²) >= 11 is 2.17. The van der Waals surface area contributed by atoms with E-state index in [9.17, 15) is 41.0 Å². The molecule has 0 spiro atoms. The van der Waals surface area contributed by atoms with Gasteiger partial charge in [0, 0.05) is 79.6 Å². The maximum absolute atomic E-state index is 12.6. The fraction of sp³-hybridized carbons (Fsp3) is 0.517. The quantitative estimate of drug-likeness (QED) is 0.0225. The van der Waals surface area contributed by atoms with Crippen molar-refractivity contribution in [1.82, 2.24) is 19.8 Å². The second-order valence-corrected chi connectivity index (χ2v) is 22.1. The van der Waals surface area contributed by atoms with E-state index < -0.39 is 55.6 Å². The minimum absolute atomic E-state index is 0.00917. The van der Waals surface area contributed by atoms with Gasteiger partial charge in [-0.15, -0.1) is 0 Å². The number of hydrogen-bond acceptors (Lipinski definition) is 14. The van der Waals surface area contributed by atoms with Gasteiger partial charge in [-0.1, -0.05) is 29.8 Å². The van der Waals surface area contributed by atoms with Crippen LogP contribution in [0.4, 0.5) is 70.6 Å². The number of ether oxygens (including phenoxy) is 2. The molecule has 0 aliphatic carbocycles. The molecule has 0 unspecified atom stereocenters. The number of aromatic nitrogens is 2. The number of anilines is 6. The highest BCUT2D eigenvalue weighted by molar-refractivity contribution is 14.1. The summed E-state index contributed by atoms with van der Waals surface area (Å²) in [7, 11) is -0.566. The molecule has 3 aliphatic rings. The van der Waals surface area contributed by atoms with Crippen LogP contribution in [-0.4, -0.2) is 151 Å². The molecular weight excluding hydrogens is 1220 g/mol. The van der Waals surface area contributed by atoms with Gasteiger partial charge in [-0.05, 0) is 188 Å². The Kier molecular flexibility index (Phi) is 29.0. The fourth-order valence-electron chi connectivity index (χ4n) is 8.04. The second-order valence-electron chi connectivity index (χ2n) is 20.9. The van der Waals surface area contributed by atoms with Crippen molar-refractivity contribution >= 4 is 81.9 Å². The van der Waals surface area contributed by atoms with Gasteiger partial charge in [0.15, 0.2) is 0 Å². The summed E-state index contributed by atoms with van der Waals surface area (Å²) in [5, 5.41) is 29.7. The van der Waals surface area contributed by atoms with E-state index in [2.05, 4.69) is 53.8 Å². The number of nitrogen functional groups attached to an aromatic ring is 2. The minimum atomic E-state index is -4.29. The molecule has 1 fully saturated rings. The number of amides is 4. The smallest absolute Gasteiger partial charge is 0.399 e. The summed E-state index contributed by atoms with van der Waals surface area (Å²) in [4.78, 5) is 36.0. The highest BCUT2D eigenvalue weighted by atomic mass is 127. The normalized spacial score (nSPS) is 15.8. The lowest BCUT2D eigenvalue weighted by molar-refractivity contribution is -0.128. The van der Waals surface area contributed by atoms with E-state index in [0.717, 1.165) is 57.7 Å². The molecule has 10 N–H and O–H groups in total. The number of aryl methyl sites for hydroxylation is 2. The van der Waals surface area contributed by atoms with Crippen molar-refractivity contribution in [2.24, 2.45) is 0 Å². The van der Waals surface area contributed by atoms with Crippen LogP contribution in [0.2, 0.25) is 0 Å². The topological polar surface area (TPSA) is 244 Å². The number of benzene rings is 2. The number of halogens is 7. The molecule has 4 amide bonds. The summed E-state index contributed by atoms with van der Waals surface area (Å²) in [5.41, 5.74) is 16.2. The number of hydrogen-bond donors (Lipinski definition) is 8. The Labute approximate surface area is 504 Å². The summed E-state index contributed by atoms with van der Waals surface area (Å²) < 4.78 is 98.2. The number of carbonyl (C=O) groups excluding carboxylic acids is 2. The summed E-state index contributed by atoms with van der Waals surface area (Å²) in [6, 6.07) is 16.8. The van der Waals surface area contributed by atoms with Gasteiger partial charge in [0.25, 0.3) is 0 Å². The third kappa shape index (κ3) is 25.0. The fourth-order valence-corrected chi connectivity index (χ4v) is 8.66. The number of aliphatic hydroxyl groups excluding tert-OH is 2. The van der Waals surface area contributed by atoms with E-state index in [1.165, 1.54) is 22.0 Å². The molecule has 466 valence electrons. The molecule has 0 bridgehead atoms. The van der Waals surface area contributed by atoms with Crippen molar-refractivity contribution in [1.29, 1.82) is 0 Å². The Morgan fingerprint density at radius 3 is 1.50 bits per heavy atom. The zero-order valence-electron chi connectivity index (χ0n) is 50.1. The largest absolute Gasteiger partial charge is 0.495 e. The molecule has 0 saturated carbocycles. The number of nitrogens with one attached hydrogen (secondary N) is 4. The van der Waals surface area contributed by atoms with Crippen LogP contribution < -0.4 is 38.2 Å². The number of aliphatic hydroxyl groups is 2. The van der Waals surface area contributed by atoms with Crippen LogP contribution in [0, 0.1) is 17.4 Å². The molecule has 2 atom stereocenters. The molecule has 4 aromatic rings. The highest BCUT2D eigenvalue weighted by Gasteiger charge is 2.52. The average molecular weight is 1300 g/mol. The standard InChI is InChI=1S/C22H26F3N5O2.C20H26BF3N2O3.C8H12IN3O.2C4H10O/c1-13-3-4-17(28-21(32)30-6-5-15(11-30)10-22(23,24)25)9-18(13)16-7-19(26)29-20(8-16)27-14(2)12-31;1-13-6-7-15(10-16(13)21-28-18(2,3)19(4,5)29-21)25-17(27)26-9-8-14(12-26)11-20(22,23)24;1-5(4-13)11-8-3-6(9)2-7(10)12-8;2*1-3-5-4-2/h3-5,7-9,14,31H,6,10-12H2,1-2H3,(H,28,32)(H3,26,27,29);6-8,10H,9,11-12H2,1-5H3,(H,25,27);2-3,5,13H,4H2,1H3,(H3,10,11,12);2*3-4H2,1-2H3/t14-;;5-;;/m1.1../s1. The van der Waals surface area contributed by atoms with E-state index >= 15 is 0 Å². The number of carbonyl (C=O) groups is 2. The Hall–Kier alpha value is -5.91. The van der Waals surface area contributed by atoms with Crippen LogP contribution in [0.15, 0.2) is 84.0 Å². The molecular formula is C58H84BF6IN10O8. The van der Waals surface area contributed by atoms with Crippen LogP contribution in [0.5, 0.6) is 0 Å². The molecule has 18 nitrogen and oxygen atoms in total. The van der Waals surface area contributed by atoms with Gasteiger partial charge in [-0.3, -0.25) is 0 Å². The third-order valence-electron chi connectivity index (χ3n) is 13.1. The van der Waals surface area contributed by atoms with E-state index in [4.69, 9.17) is 35.4 Å². The van der Waals surface area contributed by atoms with Crippen LogP contribution in [0.25, 0.3) is 11.1 Å². The molecule has 7 rings (SSSR count). The van der Waals surface area contributed by atoms with Gasteiger partial charge in [-0.25, -0.2) is 19.6 Å². The monoisotopic (exact) mass is 1300 g/mol. The lowest BCUT2D eigenvalue weighted by Gasteiger charge is -2.32. The maximum atomic E-state index is 12.6. The molecule has 1 saturated heterocycles. The van der Waals surface area contributed by atoms with Gasteiger partial charge < -0.3 is 71.5 Å². The van der Waals surface area contributed by atoms with Gasteiger partial charge in [0.05, 0.1) is 37.3 Å². The third-order valence-corrected chi connectivity index (χ3v) is 13.7. The minimum Gasteiger partial charge on any atom is -0.399 e. The highest BCUT2D eigenvalue weighted by Crippen LogP contribution is 2.37. The van der Waals surface area contributed by atoms with Crippen LogP contribution in [0.3, 0.4) is 0 Å². The maximum Gasteiger partial charge on any atom is 0.495 e. The Morgan fingerprint density at radius 1 is 0.679 bits per heavy atom. The summed E-state index contributed by atoms with van der Waals surface area (Å²) in [5.74, 6) is 1.99. The van der Waals surface area contributed by atoms with Crippen molar-refractivity contribution < 1.29 is 64.9 Å². The van der Waals surface area contributed by atoms with E-state index in [1.54, 1.807) is 49.4 Å². The van der Waals surface area contributed by atoms with E-state index in [1.807, 2.05) is 94.4 Å². The van der Waals surface area contributed by atoms with E-state index in [0.29, 0.717) is 34.6 Å². The first-order valence-electron chi connectivity index (χ1n) is 27.5. The lowest BCUT2D eigenvalue weighted by atomic mass is 9.76. The molecule has 84 heavy (non-hydrogen) atoms. The first-order valence-corrected chi connectivity index (χ1v) is 28.6. The van der Waals surface area contributed by atoms with Gasteiger partial charge in [0.2, 0.25) is 0 Å². The number of nitrogens with two attached hydrogens (primary N) is 2. The zero-order valence-corrected chi connectivity index (χ0v) is 52.2. The van der Waals surface area contributed by atoms with Gasteiger partial charge in [-0.2, -0.15) is 26.3 Å². The average Bonchev–Trinajstić information content (AvgIpc) is 4.22. The number of pyridine rings is 2. The Balaban J connectivity index is 0.000000323. The van der Waals surface area contributed by atoms with Crippen molar-refractivity contribution in [3.63, 3.8) is 0 Å². The van der Waals surface area contributed by atoms with Crippen molar-refractivity contribution in [3.05, 3.63) is 98.7 Å². The van der Waals surface area contributed by atoms with Crippen LogP contribution >= 0.6 is 22.6 Å². The molecule has 5 heterocycles. The van der Waals surface area contributed by atoms with Crippen molar-refractivity contribution in [2.45, 2.75) is 132 Å². The molecule has 2 aromatic heterocycles. The molecule has 3 aliphatic heterocycles. The molecule has 2 aromatic carbocycles. The number of urea groups is 2. The Bertz CT molecular complexity index is 2760. The van der Waals surface area contributed by atoms with Crippen LogP contribution in [-0.2, 0) is 18.8 Å². The first kappa shape index (κ1) is 72.4. The van der Waals surface area contributed by atoms with E-state index in [-0.39, 0.29) is 62.6 Å². The van der Waals surface area contributed by atoms with Crippen molar-refractivity contribution in [2.75, 3.05) is 98.6 Å². The van der Waals surface area contributed by atoms with Gasteiger partial charge >= 0.3 is 31.5 Å². The van der Waals surface area contributed by atoms with Crippen molar-refractivity contribution in [3.8, 4) is 11.1 Å². The zero-order chi connectivity index (χ0) is 63.2. The predicted octanol–water partition coefficient (Wildman–Crippen LogP) is 11.3. The number of alkyl halides is 6. The predicted molar refractivity (Wildman–Crippen MR) is 330 cm³/mol. The SMILES string of the molecule is CCOCC.CCOCC.C[C@H](CO)Nc1cc(I)cc(N)n1.Cc1ccc(NC(=O)N2CC=C(CC(F)(F)F)C2)cc1-c1cc(N)nc(N[C@H](C)CO)c1.Cc1ccc(NC(=O)N2CC=C(CC(F)(F)F)C2)cc1B1OC(C)(C)C(C)(C)O1. The second kappa shape index (κ2) is 33.7. The summed E-state index contributed by atoms with van der Waals surface area (Å²) in [6.07, 6.45) is -7.67. The number of rotatable bonds is 16. The molecule has 0 radical (unpaired) electrons.